The van der Waals surface area contributed by atoms with Gasteiger partial charge in [0, 0.05) is 14.1 Å². The van der Waals surface area contributed by atoms with E-state index in [1.54, 1.807) is 24.3 Å². The Morgan fingerprint density at radius 1 is 1.13 bits per heavy atom. The third kappa shape index (κ3) is 6.58. The molecule has 14 heteroatoms. The van der Waals surface area contributed by atoms with Crippen LogP contribution in [0.5, 0.6) is 11.6 Å². The predicted molar refractivity (Wildman–Crippen MR) is 140 cm³/mol. The number of hydrogen-bond donors (Lipinski definition) is 2. The lowest BCUT2D eigenvalue weighted by Gasteiger charge is -2.13. The SMILES string of the molecule is CCOc1ccc(N=C(SCC(=O)Nc2cc(C(F)(F)F)ccc2Cl)c2c(O)n(C)c(=O)n(C)c2=O)cc1. The Morgan fingerprint density at radius 3 is 2.39 bits per heavy atom. The van der Waals surface area contributed by atoms with Gasteiger partial charge in [-0.2, -0.15) is 13.2 Å². The number of aromatic hydroxyl groups is 1. The van der Waals surface area contributed by atoms with E-state index in [2.05, 4.69) is 10.3 Å². The average molecular weight is 571 g/mol. The molecule has 3 rings (SSSR count). The van der Waals surface area contributed by atoms with Gasteiger partial charge in [0.25, 0.3) is 5.56 Å². The summed E-state index contributed by atoms with van der Waals surface area (Å²) in [4.78, 5) is 42.1. The van der Waals surface area contributed by atoms with Crippen molar-refractivity contribution in [2.45, 2.75) is 13.1 Å². The van der Waals surface area contributed by atoms with Crippen molar-refractivity contribution in [3.63, 3.8) is 0 Å². The van der Waals surface area contributed by atoms with Crippen LogP contribution in [0.15, 0.2) is 57.0 Å². The summed E-state index contributed by atoms with van der Waals surface area (Å²) in [5.41, 5.74) is -2.88. The van der Waals surface area contributed by atoms with Crippen molar-refractivity contribution in [1.29, 1.82) is 0 Å². The smallest absolute Gasteiger partial charge is 0.416 e. The first-order valence-electron chi connectivity index (χ1n) is 10.9. The van der Waals surface area contributed by atoms with E-state index >= 15 is 0 Å². The molecule has 0 aliphatic rings. The number of nitrogens with one attached hydrogen (secondary N) is 1. The first kappa shape index (κ1) is 28.9. The molecule has 2 aromatic carbocycles. The average Bonchev–Trinajstić information content (AvgIpc) is 2.86. The van der Waals surface area contributed by atoms with Crippen LogP contribution in [-0.2, 0) is 25.1 Å². The number of ether oxygens (including phenoxy) is 1. The van der Waals surface area contributed by atoms with E-state index in [4.69, 9.17) is 16.3 Å². The first-order valence-corrected chi connectivity index (χ1v) is 12.3. The van der Waals surface area contributed by atoms with Gasteiger partial charge >= 0.3 is 11.9 Å². The van der Waals surface area contributed by atoms with E-state index in [-0.39, 0.29) is 21.3 Å². The van der Waals surface area contributed by atoms with Crippen molar-refractivity contribution in [1.82, 2.24) is 9.13 Å². The van der Waals surface area contributed by atoms with E-state index < -0.39 is 40.5 Å². The summed E-state index contributed by atoms with van der Waals surface area (Å²) in [6.45, 7) is 2.26. The van der Waals surface area contributed by atoms with Gasteiger partial charge < -0.3 is 15.2 Å². The molecular weight excluding hydrogens is 549 g/mol. The highest BCUT2D eigenvalue weighted by Gasteiger charge is 2.31. The van der Waals surface area contributed by atoms with Gasteiger partial charge in [0.1, 0.15) is 16.4 Å². The maximum Gasteiger partial charge on any atom is 0.416 e. The molecular formula is C24H22ClF3N4O5S. The molecule has 0 unspecified atom stereocenters. The number of anilines is 1. The monoisotopic (exact) mass is 570 g/mol. The van der Waals surface area contributed by atoms with Crippen LogP contribution >= 0.6 is 23.4 Å². The predicted octanol–water partition coefficient (Wildman–Crippen LogP) is 4.31. The van der Waals surface area contributed by atoms with Crippen molar-refractivity contribution < 1.29 is 27.8 Å². The molecule has 0 saturated carbocycles. The molecule has 1 aromatic heterocycles. The first-order chi connectivity index (χ1) is 17.8. The van der Waals surface area contributed by atoms with Crippen LogP contribution in [-0.4, -0.2) is 37.6 Å². The van der Waals surface area contributed by atoms with Gasteiger partial charge in [-0.1, -0.05) is 23.4 Å². The molecule has 9 nitrogen and oxygen atoms in total. The number of halogens is 4. The number of aromatic nitrogens is 2. The number of carbonyl (C=O) groups excluding carboxylic acids is 1. The number of hydrogen-bond acceptors (Lipinski definition) is 7. The normalized spacial score (nSPS) is 11.9. The summed E-state index contributed by atoms with van der Waals surface area (Å²) >= 11 is 6.68. The molecule has 0 fully saturated rings. The highest BCUT2D eigenvalue weighted by atomic mass is 35.5. The third-order valence-corrected chi connectivity index (χ3v) is 6.44. The minimum absolute atomic E-state index is 0.104. The van der Waals surface area contributed by atoms with Gasteiger partial charge in [-0.3, -0.25) is 18.7 Å². The van der Waals surface area contributed by atoms with Crippen molar-refractivity contribution in [2.24, 2.45) is 19.1 Å². The Morgan fingerprint density at radius 2 is 1.79 bits per heavy atom. The van der Waals surface area contributed by atoms with E-state index in [0.29, 0.717) is 24.1 Å². The molecule has 2 N–H and O–H groups in total. The molecule has 0 radical (unpaired) electrons. The van der Waals surface area contributed by atoms with Crippen LogP contribution in [0.2, 0.25) is 5.02 Å². The summed E-state index contributed by atoms with van der Waals surface area (Å²) in [7, 11) is 2.47. The Labute approximate surface area is 223 Å². The maximum absolute atomic E-state index is 13.1. The third-order valence-electron chi connectivity index (χ3n) is 5.13. The lowest BCUT2D eigenvalue weighted by Crippen LogP contribution is -2.39. The van der Waals surface area contributed by atoms with Crippen molar-refractivity contribution in [3.05, 3.63) is 79.5 Å². The quantitative estimate of drug-likeness (QED) is 0.323. The second-order valence-electron chi connectivity index (χ2n) is 7.78. The summed E-state index contributed by atoms with van der Waals surface area (Å²) < 4.78 is 46.2. The van der Waals surface area contributed by atoms with Crippen LogP contribution in [0.1, 0.15) is 18.1 Å². The Balaban J connectivity index is 1.96. The summed E-state index contributed by atoms with van der Waals surface area (Å²) in [5, 5.41) is 12.7. The maximum atomic E-state index is 13.1. The van der Waals surface area contributed by atoms with Crippen molar-refractivity contribution in [3.8, 4) is 11.6 Å². The number of alkyl halides is 3. The molecule has 202 valence electrons. The largest absolute Gasteiger partial charge is 0.494 e. The molecule has 0 spiro atoms. The van der Waals surface area contributed by atoms with Gasteiger partial charge in [-0.05, 0) is 49.4 Å². The minimum atomic E-state index is -4.64. The number of thioether (sulfide) groups is 1. The summed E-state index contributed by atoms with van der Waals surface area (Å²) in [6, 6.07) is 8.92. The highest BCUT2D eigenvalue weighted by molar-refractivity contribution is 8.15. The van der Waals surface area contributed by atoms with E-state index in [0.717, 1.165) is 33.0 Å². The van der Waals surface area contributed by atoms with Crippen molar-refractivity contribution >= 4 is 45.7 Å². The Kier molecular flexibility index (Phi) is 8.94. The Bertz CT molecular complexity index is 1500. The molecule has 38 heavy (non-hydrogen) atoms. The fraction of sp³-hybridized carbons (Fsp3) is 0.250. The zero-order valence-electron chi connectivity index (χ0n) is 20.3. The topological polar surface area (TPSA) is 115 Å². The molecule has 0 saturated heterocycles. The second-order valence-corrected chi connectivity index (χ2v) is 9.15. The van der Waals surface area contributed by atoms with Gasteiger partial charge in [0.05, 0.1) is 34.3 Å². The minimum Gasteiger partial charge on any atom is -0.494 e. The van der Waals surface area contributed by atoms with Crippen LogP contribution < -0.4 is 21.3 Å². The Hall–Kier alpha value is -3.71. The van der Waals surface area contributed by atoms with Crippen LogP contribution in [0.4, 0.5) is 24.5 Å². The number of rotatable bonds is 7. The summed E-state index contributed by atoms with van der Waals surface area (Å²) in [5.74, 6) is -1.28. The molecule has 0 atom stereocenters. The molecule has 0 aliphatic heterocycles. The summed E-state index contributed by atoms with van der Waals surface area (Å²) in [6.07, 6.45) is -4.64. The molecule has 1 amide bonds. The van der Waals surface area contributed by atoms with Crippen molar-refractivity contribution in [2.75, 3.05) is 17.7 Å². The van der Waals surface area contributed by atoms with E-state index in [1.807, 2.05) is 6.92 Å². The fourth-order valence-corrected chi connectivity index (χ4v) is 4.20. The highest BCUT2D eigenvalue weighted by Crippen LogP contribution is 2.34. The lowest BCUT2D eigenvalue weighted by atomic mass is 10.2. The second kappa shape index (κ2) is 11.8. The van der Waals surface area contributed by atoms with E-state index in [1.165, 1.54) is 14.1 Å². The van der Waals surface area contributed by atoms with Gasteiger partial charge in [0.15, 0.2) is 0 Å². The van der Waals surface area contributed by atoms with Gasteiger partial charge in [-0.15, -0.1) is 0 Å². The molecule has 0 aliphatic carbocycles. The lowest BCUT2D eigenvalue weighted by molar-refractivity contribution is -0.137. The molecule has 0 bridgehead atoms. The number of benzene rings is 2. The number of aliphatic imine (C=N–C) groups is 1. The van der Waals surface area contributed by atoms with Crippen LogP contribution in [0.25, 0.3) is 0 Å². The number of nitrogens with zero attached hydrogens (tertiary/aromatic N) is 3. The zero-order chi connectivity index (χ0) is 28.2. The number of carbonyl (C=O) groups is 1. The fourth-order valence-electron chi connectivity index (χ4n) is 3.20. The van der Waals surface area contributed by atoms with Gasteiger partial charge in [0.2, 0.25) is 11.8 Å². The molecule has 1 heterocycles. The van der Waals surface area contributed by atoms with E-state index in [9.17, 15) is 32.7 Å². The van der Waals surface area contributed by atoms with Gasteiger partial charge in [-0.25, -0.2) is 9.79 Å². The standard InChI is InChI=1S/C24H22ClF3N4O5S/c1-4-37-15-8-6-14(7-9-15)29-20(19-21(34)31(2)23(36)32(3)22(19)35)38-12-18(33)30-17-11-13(24(26,27)28)5-10-16(17)25/h5-11,34H,4,12H2,1-3H3,(H,30,33). The zero-order valence-corrected chi connectivity index (χ0v) is 21.9. The van der Waals surface area contributed by atoms with Crippen LogP contribution in [0, 0.1) is 0 Å². The number of amides is 1. The van der Waals surface area contributed by atoms with Crippen LogP contribution in [0.3, 0.4) is 0 Å². The molecule has 3 aromatic rings.